The summed E-state index contributed by atoms with van der Waals surface area (Å²) in [4.78, 5) is 5.04. The van der Waals surface area contributed by atoms with Crippen molar-refractivity contribution in [3.63, 3.8) is 0 Å². The normalized spacial score (nSPS) is 12.0. The van der Waals surface area contributed by atoms with E-state index in [-0.39, 0.29) is 10.8 Å². The number of hydrogen-bond acceptors (Lipinski definition) is 6. The van der Waals surface area contributed by atoms with Gasteiger partial charge in [-0.25, -0.2) is 17.9 Å². The van der Waals surface area contributed by atoms with Crippen LogP contribution < -0.4 is 10.1 Å². The molecule has 0 fully saturated rings. The van der Waals surface area contributed by atoms with Gasteiger partial charge in [0.25, 0.3) is 0 Å². The number of hydrogen-bond donors (Lipinski definition) is 1. The Morgan fingerprint density at radius 2 is 1.77 bits per heavy atom. The van der Waals surface area contributed by atoms with E-state index in [1.165, 1.54) is 11.4 Å². The second-order valence-electron chi connectivity index (χ2n) is 8.44. The van der Waals surface area contributed by atoms with E-state index in [4.69, 9.17) is 14.8 Å². The van der Waals surface area contributed by atoms with E-state index in [9.17, 15) is 8.42 Å². The van der Waals surface area contributed by atoms with Crippen molar-refractivity contribution in [2.24, 2.45) is 0 Å². The first-order valence-electron chi connectivity index (χ1n) is 11.7. The number of sulfonamides is 1. The Balaban J connectivity index is 1.83. The van der Waals surface area contributed by atoms with Gasteiger partial charge in [-0.05, 0) is 42.3 Å². The minimum atomic E-state index is -3.72. The summed E-state index contributed by atoms with van der Waals surface area (Å²) in [5.74, 6) is 1.22. The van der Waals surface area contributed by atoms with Crippen molar-refractivity contribution >= 4 is 27.2 Å². The number of methoxy groups -OCH3 is 1. The van der Waals surface area contributed by atoms with E-state index in [0.717, 1.165) is 22.7 Å². The Morgan fingerprint density at radius 1 is 1.06 bits per heavy atom. The molecule has 2 aromatic carbocycles. The highest BCUT2D eigenvalue weighted by molar-refractivity contribution is 7.89. The van der Waals surface area contributed by atoms with Gasteiger partial charge in [0, 0.05) is 36.1 Å². The molecule has 0 saturated carbocycles. The van der Waals surface area contributed by atoms with Crippen LogP contribution in [0, 0.1) is 0 Å². The van der Waals surface area contributed by atoms with Gasteiger partial charge in [-0.15, -0.1) is 5.10 Å². The summed E-state index contributed by atoms with van der Waals surface area (Å²) in [5.41, 5.74) is 4.00. The number of para-hydroxylation sites is 1. The van der Waals surface area contributed by atoms with Crippen molar-refractivity contribution in [2.75, 3.05) is 25.5 Å². The quantitative estimate of drug-likeness (QED) is 0.340. The minimum Gasteiger partial charge on any atom is -0.495 e. The summed E-state index contributed by atoms with van der Waals surface area (Å²) in [6, 6.07) is 16.9. The van der Waals surface area contributed by atoms with Crippen molar-refractivity contribution in [1.82, 2.24) is 18.9 Å². The fourth-order valence-corrected chi connectivity index (χ4v) is 5.77. The SMILES string of the molecule is CCN(CC)S(=O)(=O)c1cc(-c2ccn3nc(Nc4ccccc4)c(C(C)C)c3n2)ccc1OC. The van der Waals surface area contributed by atoms with Crippen LogP contribution in [-0.4, -0.2) is 47.5 Å². The lowest BCUT2D eigenvalue weighted by molar-refractivity contribution is 0.395. The number of benzene rings is 2. The van der Waals surface area contributed by atoms with Crippen molar-refractivity contribution in [2.45, 2.75) is 38.5 Å². The van der Waals surface area contributed by atoms with E-state index < -0.39 is 10.0 Å². The van der Waals surface area contributed by atoms with Crippen LogP contribution in [0.15, 0.2) is 65.7 Å². The maximum atomic E-state index is 13.3. The summed E-state index contributed by atoms with van der Waals surface area (Å²) < 4.78 is 35.1. The predicted octanol–water partition coefficient (Wildman–Crippen LogP) is 5.30. The number of fused-ring (bicyclic) bond motifs is 1. The van der Waals surface area contributed by atoms with Crippen LogP contribution in [0.25, 0.3) is 16.9 Å². The monoisotopic (exact) mass is 493 g/mol. The third-order valence-corrected chi connectivity index (χ3v) is 7.99. The molecule has 0 aliphatic rings. The summed E-state index contributed by atoms with van der Waals surface area (Å²) in [6.45, 7) is 8.59. The number of nitrogens with one attached hydrogen (secondary N) is 1. The molecule has 1 N–H and O–H groups in total. The summed E-state index contributed by atoms with van der Waals surface area (Å²) >= 11 is 0. The van der Waals surface area contributed by atoms with Gasteiger partial charge in [-0.2, -0.15) is 4.31 Å². The first-order valence-corrected chi connectivity index (χ1v) is 13.1. The molecule has 0 atom stereocenters. The summed E-state index contributed by atoms with van der Waals surface area (Å²) in [5, 5.41) is 8.11. The molecule has 8 nitrogen and oxygen atoms in total. The molecular formula is C26H31N5O3S. The van der Waals surface area contributed by atoms with Crippen molar-refractivity contribution in [1.29, 1.82) is 0 Å². The highest BCUT2D eigenvalue weighted by Crippen LogP contribution is 2.34. The molecule has 184 valence electrons. The second kappa shape index (κ2) is 10.1. The smallest absolute Gasteiger partial charge is 0.246 e. The first kappa shape index (κ1) is 24.7. The van der Waals surface area contributed by atoms with Crippen LogP contribution in [0.1, 0.15) is 39.2 Å². The van der Waals surface area contributed by atoms with Crippen LogP contribution in [0.4, 0.5) is 11.5 Å². The second-order valence-corrected chi connectivity index (χ2v) is 10.4. The lowest BCUT2D eigenvalue weighted by atomic mass is 10.1. The molecule has 0 radical (unpaired) electrons. The minimum absolute atomic E-state index is 0.131. The number of rotatable bonds is 9. The number of anilines is 2. The Morgan fingerprint density at radius 3 is 2.40 bits per heavy atom. The maximum absolute atomic E-state index is 13.3. The van der Waals surface area contributed by atoms with Crippen molar-refractivity contribution < 1.29 is 13.2 Å². The molecule has 9 heteroatoms. The highest BCUT2D eigenvalue weighted by atomic mass is 32.2. The van der Waals surface area contributed by atoms with E-state index in [0.29, 0.717) is 30.1 Å². The molecule has 4 aromatic rings. The largest absolute Gasteiger partial charge is 0.495 e. The highest BCUT2D eigenvalue weighted by Gasteiger charge is 2.26. The van der Waals surface area contributed by atoms with Gasteiger partial charge in [-0.3, -0.25) is 0 Å². The van der Waals surface area contributed by atoms with E-state index in [2.05, 4.69) is 19.2 Å². The first-order chi connectivity index (χ1) is 16.8. The topological polar surface area (TPSA) is 88.8 Å². The molecule has 0 aliphatic carbocycles. The lowest BCUT2D eigenvalue weighted by Crippen LogP contribution is -2.30. The van der Waals surface area contributed by atoms with Crippen molar-refractivity contribution in [3.8, 4) is 17.0 Å². The van der Waals surface area contributed by atoms with E-state index in [1.54, 1.807) is 16.6 Å². The number of nitrogens with zero attached hydrogens (tertiary/aromatic N) is 4. The molecule has 35 heavy (non-hydrogen) atoms. The van der Waals surface area contributed by atoms with Crippen LogP contribution in [0.2, 0.25) is 0 Å². The molecule has 0 amide bonds. The molecule has 2 aromatic heterocycles. The van der Waals surface area contributed by atoms with E-state index in [1.807, 2.05) is 62.5 Å². The molecule has 0 unspecified atom stereocenters. The molecule has 4 rings (SSSR count). The van der Waals surface area contributed by atoms with E-state index >= 15 is 0 Å². The Kier molecular flexibility index (Phi) is 7.09. The third kappa shape index (κ3) is 4.74. The Labute approximate surface area is 206 Å². The standard InChI is InChI=1S/C26H31N5O3S/c1-6-30(7-2)35(32,33)23-17-19(13-14-22(23)34-5)21-15-16-31-26(28-21)24(18(3)4)25(29-31)27-20-11-9-8-10-12-20/h8-18H,6-7H2,1-5H3,(H,27,29). The van der Waals surface area contributed by atoms with Gasteiger partial charge in [0.1, 0.15) is 10.6 Å². The van der Waals surface area contributed by atoms with Gasteiger partial charge >= 0.3 is 0 Å². The molecular weight excluding hydrogens is 462 g/mol. The Hall–Kier alpha value is -3.43. The number of ether oxygens (including phenoxy) is 1. The van der Waals surface area contributed by atoms with Crippen LogP contribution >= 0.6 is 0 Å². The number of aromatic nitrogens is 3. The fourth-order valence-electron chi connectivity index (χ4n) is 4.13. The van der Waals surface area contributed by atoms with Crippen LogP contribution in [0.5, 0.6) is 5.75 Å². The molecule has 0 saturated heterocycles. The van der Waals surface area contributed by atoms with Gasteiger partial charge in [0.05, 0.1) is 12.8 Å². The lowest BCUT2D eigenvalue weighted by Gasteiger charge is -2.20. The zero-order valence-corrected chi connectivity index (χ0v) is 21.5. The summed E-state index contributed by atoms with van der Waals surface area (Å²) in [6.07, 6.45) is 1.85. The van der Waals surface area contributed by atoms with Crippen molar-refractivity contribution in [3.05, 3.63) is 66.4 Å². The van der Waals surface area contributed by atoms with Gasteiger partial charge < -0.3 is 10.1 Å². The fraction of sp³-hybridized carbons (Fsp3) is 0.308. The summed E-state index contributed by atoms with van der Waals surface area (Å²) in [7, 11) is -2.24. The molecule has 0 spiro atoms. The zero-order valence-electron chi connectivity index (χ0n) is 20.7. The average molecular weight is 494 g/mol. The van der Waals surface area contributed by atoms with Gasteiger partial charge in [0.2, 0.25) is 10.0 Å². The van der Waals surface area contributed by atoms with Gasteiger partial charge in [0.15, 0.2) is 11.5 Å². The Bertz CT molecular complexity index is 1430. The average Bonchev–Trinajstić information content (AvgIpc) is 3.22. The molecule has 0 aliphatic heterocycles. The van der Waals surface area contributed by atoms with Crippen LogP contribution in [0.3, 0.4) is 0 Å². The third-order valence-electron chi connectivity index (χ3n) is 5.92. The maximum Gasteiger partial charge on any atom is 0.246 e. The van der Waals surface area contributed by atoms with Gasteiger partial charge in [-0.1, -0.05) is 45.9 Å². The molecule has 0 bridgehead atoms. The molecule has 2 heterocycles. The predicted molar refractivity (Wildman–Crippen MR) is 139 cm³/mol. The zero-order chi connectivity index (χ0) is 25.2. The van der Waals surface area contributed by atoms with Crippen LogP contribution in [-0.2, 0) is 10.0 Å².